The van der Waals surface area contributed by atoms with Gasteiger partial charge < -0.3 is 25.8 Å². The maximum Gasteiger partial charge on any atom is 0.268 e. The monoisotopic (exact) mass is 358 g/mol. The van der Waals surface area contributed by atoms with E-state index >= 15 is 0 Å². The second kappa shape index (κ2) is 6.74. The van der Waals surface area contributed by atoms with Crippen LogP contribution in [0, 0.1) is 10.4 Å². The Labute approximate surface area is 147 Å². The van der Waals surface area contributed by atoms with Gasteiger partial charge in [-0.25, -0.2) is 0 Å². The molecule has 0 bridgehead atoms. The van der Waals surface area contributed by atoms with Gasteiger partial charge in [-0.2, -0.15) is 4.90 Å². The number of amides is 1. The van der Waals surface area contributed by atoms with Crippen LogP contribution in [0.15, 0.2) is 59.9 Å². The van der Waals surface area contributed by atoms with Crippen LogP contribution in [0.5, 0.6) is 0 Å². The number of aromatic amines is 1. The minimum atomic E-state index is -0.523. The number of H-pyrrole nitrogens is 1. The zero-order valence-electron chi connectivity index (χ0n) is 12.8. The van der Waals surface area contributed by atoms with Gasteiger partial charge in [0.05, 0.1) is 6.54 Å². The van der Waals surface area contributed by atoms with Crippen molar-refractivity contribution in [3.05, 3.63) is 81.0 Å². The topological polar surface area (TPSA) is 114 Å². The van der Waals surface area contributed by atoms with Crippen LogP contribution in [0.1, 0.15) is 10.5 Å². The zero-order valence-corrected chi connectivity index (χ0v) is 13.6. The van der Waals surface area contributed by atoms with Crippen molar-refractivity contribution < 1.29 is 14.8 Å². The molecule has 0 spiro atoms. The third-order valence-electron chi connectivity index (χ3n) is 3.66. The van der Waals surface area contributed by atoms with Crippen LogP contribution in [-0.2, 0) is 0 Å². The highest BCUT2D eigenvalue weighted by molar-refractivity contribution is 6.31. The molecule has 1 aromatic heterocycles. The fraction of sp³-hybridized carbons (Fsp3) is 0.0588. The molecule has 0 unspecified atom stereocenters. The minimum Gasteiger partial charge on any atom is -0.612 e. The van der Waals surface area contributed by atoms with Crippen LogP contribution in [0.4, 0.5) is 0 Å². The van der Waals surface area contributed by atoms with Gasteiger partial charge in [0.25, 0.3) is 5.91 Å². The van der Waals surface area contributed by atoms with Crippen molar-refractivity contribution in [2.45, 2.75) is 0 Å². The van der Waals surface area contributed by atoms with E-state index in [1.54, 1.807) is 24.3 Å². The van der Waals surface area contributed by atoms with E-state index in [4.69, 9.17) is 11.6 Å². The number of hydrogen-bond donors (Lipinski definition) is 3. The molecule has 7 nitrogen and oxygen atoms in total. The van der Waals surface area contributed by atoms with Crippen molar-refractivity contribution in [3.63, 3.8) is 0 Å². The molecular weight excluding hydrogens is 346 g/mol. The summed E-state index contributed by atoms with van der Waals surface area (Å²) in [5.41, 5.74) is 1.44. The first-order valence-electron chi connectivity index (χ1n) is 7.30. The van der Waals surface area contributed by atoms with Gasteiger partial charge in [-0.05, 0) is 36.4 Å². The first-order valence-corrected chi connectivity index (χ1v) is 7.68. The Morgan fingerprint density at radius 3 is 2.60 bits per heavy atom. The van der Waals surface area contributed by atoms with E-state index < -0.39 is 4.90 Å². The number of aliphatic hydroxyl groups excluding tert-OH is 1. The van der Waals surface area contributed by atoms with Crippen LogP contribution in [0.3, 0.4) is 0 Å². The van der Waals surface area contributed by atoms with Gasteiger partial charge in [-0.3, -0.25) is 4.79 Å². The molecule has 25 heavy (non-hydrogen) atoms. The van der Waals surface area contributed by atoms with E-state index in [1.165, 1.54) is 24.3 Å². The van der Waals surface area contributed by atoms with Gasteiger partial charge >= 0.3 is 0 Å². The average Bonchev–Trinajstić information content (AvgIpc) is 3.02. The molecule has 1 amide bonds. The molecule has 1 aromatic carbocycles. The Bertz CT molecular complexity index is 947. The summed E-state index contributed by atoms with van der Waals surface area (Å²) in [5, 5.41) is 35.2. The predicted octanol–water partition coefficient (Wildman–Crippen LogP) is 2.94. The van der Waals surface area contributed by atoms with E-state index in [-0.39, 0.29) is 23.9 Å². The lowest BCUT2D eigenvalue weighted by Gasteiger charge is -2.10. The van der Waals surface area contributed by atoms with Gasteiger partial charge in [0.15, 0.2) is 0 Å². The summed E-state index contributed by atoms with van der Waals surface area (Å²) in [6.45, 7) is -0.104. The fourth-order valence-electron chi connectivity index (χ4n) is 2.36. The van der Waals surface area contributed by atoms with Crippen molar-refractivity contribution >= 4 is 34.1 Å². The van der Waals surface area contributed by atoms with Crippen molar-refractivity contribution in [1.82, 2.24) is 10.3 Å². The van der Waals surface area contributed by atoms with Crippen molar-refractivity contribution in [2.75, 3.05) is 6.54 Å². The maximum absolute atomic E-state index is 12.2. The summed E-state index contributed by atoms with van der Waals surface area (Å²) in [6.07, 6.45) is 5.42. The molecule has 1 aliphatic rings. The molecular formula is C17H13ClN3O4-. The van der Waals surface area contributed by atoms with Gasteiger partial charge in [0.2, 0.25) is 5.71 Å². The van der Waals surface area contributed by atoms with Gasteiger partial charge in [-0.1, -0.05) is 11.6 Å². The number of allylic oxidation sites excluding steroid dienone is 5. The molecule has 1 heterocycles. The second-order valence-electron chi connectivity index (χ2n) is 5.35. The molecule has 1 aliphatic carbocycles. The molecule has 0 saturated heterocycles. The SMILES string of the molecule is O=C(NCC(O)=C1C=CC(=[N+]([O-])[O-])C=C1)c1cc2cc(Cl)ccc2[nH]1. The van der Waals surface area contributed by atoms with Crippen molar-refractivity contribution in [2.24, 2.45) is 0 Å². The number of rotatable bonds is 3. The number of carbonyl (C=O) groups is 1. The number of fused-ring (bicyclic) bond motifs is 1. The number of benzene rings is 1. The highest BCUT2D eigenvalue weighted by atomic mass is 35.5. The molecule has 8 heteroatoms. The standard InChI is InChI=1S/C17H13ClN3O4/c18-12-3-6-14-11(7-12)8-15(20-14)17(23)19-9-16(22)10-1-4-13(5-2-10)21(24)25/h1-8H,9H2,(H3-,19,20,22,23,24,25)/q-1. The average molecular weight is 359 g/mol. The van der Waals surface area contributed by atoms with Gasteiger partial charge in [-0.15, -0.1) is 0 Å². The van der Waals surface area contributed by atoms with E-state index in [2.05, 4.69) is 10.3 Å². The van der Waals surface area contributed by atoms with Crippen LogP contribution in [0.2, 0.25) is 5.02 Å². The number of halogens is 1. The highest BCUT2D eigenvalue weighted by Crippen LogP contribution is 2.20. The summed E-state index contributed by atoms with van der Waals surface area (Å²) in [5.74, 6) is -0.483. The largest absolute Gasteiger partial charge is 0.612 e. The Morgan fingerprint density at radius 2 is 1.92 bits per heavy atom. The smallest absolute Gasteiger partial charge is 0.268 e. The van der Waals surface area contributed by atoms with Crippen LogP contribution in [0.25, 0.3) is 10.9 Å². The maximum atomic E-state index is 12.2. The molecule has 2 aromatic rings. The lowest BCUT2D eigenvalue weighted by atomic mass is 10.1. The zero-order chi connectivity index (χ0) is 18.0. The molecule has 0 atom stereocenters. The normalized spacial score (nSPS) is 13.3. The van der Waals surface area contributed by atoms with Gasteiger partial charge in [0, 0.05) is 33.7 Å². The molecule has 0 saturated carbocycles. The Morgan fingerprint density at radius 1 is 1.20 bits per heavy atom. The van der Waals surface area contributed by atoms with E-state index in [1.807, 2.05) is 0 Å². The first kappa shape index (κ1) is 16.7. The summed E-state index contributed by atoms with van der Waals surface area (Å²) in [6, 6.07) is 6.90. The summed E-state index contributed by atoms with van der Waals surface area (Å²) >= 11 is 5.92. The molecule has 3 N–H and O–H groups in total. The fourth-order valence-corrected chi connectivity index (χ4v) is 2.54. The second-order valence-corrected chi connectivity index (χ2v) is 5.78. The summed E-state index contributed by atoms with van der Waals surface area (Å²) in [7, 11) is 0. The number of aliphatic hydroxyl groups is 1. The molecule has 3 rings (SSSR count). The number of nitrogens with one attached hydrogen (secondary N) is 2. The van der Waals surface area contributed by atoms with E-state index in [0.29, 0.717) is 16.3 Å². The van der Waals surface area contributed by atoms with Crippen LogP contribution >= 0.6 is 11.6 Å². The molecule has 0 fully saturated rings. The van der Waals surface area contributed by atoms with Crippen molar-refractivity contribution in [3.8, 4) is 0 Å². The Hall–Kier alpha value is -3.19. The molecule has 0 aliphatic heterocycles. The quantitative estimate of drug-likeness (QED) is 0.444. The highest BCUT2D eigenvalue weighted by Gasteiger charge is 2.12. The summed E-state index contributed by atoms with van der Waals surface area (Å²) < 4.78 is 0. The third-order valence-corrected chi connectivity index (χ3v) is 3.89. The number of carbonyl (C=O) groups excluding carboxylic acids is 1. The molecule has 128 valence electrons. The first-order chi connectivity index (χ1) is 11.9. The lowest BCUT2D eigenvalue weighted by Crippen LogP contribution is -2.26. The minimum absolute atomic E-state index is 0.0719. The van der Waals surface area contributed by atoms with E-state index in [0.717, 1.165) is 10.9 Å². The number of nitrogens with zero attached hydrogens (tertiary/aromatic N) is 1. The summed E-state index contributed by atoms with van der Waals surface area (Å²) in [4.78, 5) is 14.6. The number of aromatic nitrogens is 1. The predicted molar refractivity (Wildman–Crippen MR) is 95.6 cm³/mol. The molecule has 0 radical (unpaired) electrons. The van der Waals surface area contributed by atoms with Crippen LogP contribution < -0.4 is 5.32 Å². The van der Waals surface area contributed by atoms with Crippen molar-refractivity contribution in [1.29, 1.82) is 0 Å². The Balaban J connectivity index is 1.69. The number of hydrogen-bond acceptors (Lipinski definition) is 4. The van der Waals surface area contributed by atoms with Gasteiger partial charge in [0.1, 0.15) is 11.5 Å². The lowest BCUT2D eigenvalue weighted by molar-refractivity contribution is -0.377. The van der Waals surface area contributed by atoms with Crippen LogP contribution in [-0.4, -0.2) is 33.2 Å². The third kappa shape index (κ3) is 3.67. The Kier molecular flexibility index (Phi) is 4.49. The van der Waals surface area contributed by atoms with E-state index in [9.17, 15) is 20.3 Å².